The predicted molar refractivity (Wildman–Crippen MR) is 119 cm³/mol. The van der Waals surface area contributed by atoms with Crippen molar-refractivity contribution in [3.63, 3.8) is 0 Å². The van der Waals surface area contributed by atoms with Crippen molar-refractivity contribution in [1.82, 2.24) is 10.2 Å². The fourth-order valence-electron chi connectivity index (χ4n) is 4.80. The number of rotatable bonds is 4. The summed E-state index contributed by atoms with van der Waals surface area (Å²) in [5.74, 6) is -1.78. The van der Waals surface area contributed by atoms with Gasteiger partial charge in [0, 0.05) is 5.69 Å². The second-order valence-corrected chi connectivity index (χ2v) is 8.55. The Balaban J connectivity index is 1.29. The van der Waals surface area contributed by atoms with Gasteiger partial charge in [-0.2, -0.15) is 0 Å². The van der Waals surface area contributed by atoms with Crippen LogP contribution >= 0.6 is 0 Å². The van der Waals surface area contributed by atoms with E-state index in [1.807, 2.05) is 0 Å². The van der Waals surface area contributed by atoms with Crippen molar-refractivity contribution in [3.8, 4) is 0 Å². The van der Waals surface area contributed by atoms with Gasteiger partial charge in [0.2, 0.25) is 5.91 Å². The molecule has 1 saturated heterocycles. The molecule has 6 amide bonds. The number of benzene rings is 2. The van der Waals surface area contributed by atoms with Crippen molar-refractivity contribution in [2.24, 2.45) is 0 Å². The van der Waals surface area contributed by atoms with Gasteiger partial charge in [-0.25, -0.2) is 9.69 Å². The van der Waals surface area contributed by atoms with E-state index in [4.69, 9.17) is 0 Å². The van der Waals surface area contributed by atoms with Crippen LogP contribution in [0, 0.1) is 0 Å². The van der Waals surface area contributed by atoms with Crippen molar-refractivity contribution in [3.05, 3.63) is 59.7 Å². The highest BCUT2D eigenvalue weighted by molar-refractivity contribution is 6.34. The molecule has 0 atom stereocenters. The number of carbonyl (C=O) groups is 5. The molecule has 0 bridgehead atoms. The smallest absolute Gasteiger partial charge is 0.324 e. The van der Waals surface area contributed by atoms with Crippen LogP contribution in [0.15, 0.2) is 48.5 Å². The number of anilines is 2. The summed E-state index contributed by atoms with van der Waals surface area (Å²) in [7, 11) is 0. The van der Waals surface area contributed by atoms with E-state index in [-0.39, 0.29) is 5.91 Å². The Morgan fingerprint density at radius 2 is 1.58 bits per heavy atom. The maximum absolute atomic E-state index is 12.9. The molecule has 33 heavy (non-hydrogen) atoms. The summed E-state index contributed by atoms with van der Waals surface area (Å²) < 4.78 is 0. The number of amides is 6. The third kappa shape index (κ3) is 3.45. The van der Waals surface area contributed by atoms with Crippen LogP contribution in [0.3, 0.4) is 0 Å². The first-order chi connectivity index (χ1) is 15.9. The van der Waals surface area contributed by atoms with Crippen LogP contribution < -0.4 is 15.5 Å². The minimum absolute atomic E-state index is 0.315. The molecule has 2 aromatic carbocycles. The quantitative estimate of drug-likeness (QED) is 0.553. The second-order valence-electron chi connectivity index (χ2n) is 8.55. The molecule has 2 N–H and O–H groups in total. The van der Waals surface area contributed by atoms with Crippen LogP contribution in [-0.4, -0.2) is 46.6 Å². The topological polar surface area (TPSA) is 116 Å². The number of imide groups is 2. The lowest BCUT2D eigenvalue weighted by molar-refractivity contribution is -0.134. The highest BCUT2D eigenvalue weighted by Gasteiger charge is 2.51. The van der Waals surface area contributed by atoms with Crippen molar-refractivity contribution < 1.29 is 24.0 Å². The molecule has 1 aliphatic carbocycles. The molecule has 3 aliphatic rings. The maximum Gasteiger partial charge on any atom is 0.325 e. The second kappa shape index (κ2) is 7.84. The Labute approximate surface area is 189 Å². The molecule has 2 fully saturated rings. The van der Waals surface area contributed by atoms with Gasteiger partial charge in [-0.3, -0.25) is 24.1 Å². The van der Waals surface area contributed by atoms with Crippen molar-refractivity contribution >= 4 is 41.0 Å². The van der Waals surface area contributed by atoms with E-state index < -0.39 is 35.8 Å². The molecule has 9 nitrogen and oxygen atoms in total. The lowest BCUT2D eigenvalue weighted by Gasteiger charge is -2.30. The zero-order valence-electron chi connectivity index (χ0n) is 17.8. The fourth-order valence-corrected chi connectivity index (χ4v) is 4.80. The minimum Gasteiger partial charge on any atom is -0.324 e. The summed E-state index contributed by atoms with van der Waals surface area (Å²) in [4.78, 5) is 65.3. The highest BCUT2D eigenvalue weighted by Crippen LogP contribution is 2.34. The molecule has 168 valence electrons. The summed E-state index contributed by atoms with van der Waals surface area (Å²) in [5.41, 5.74) is 0.420. The number of hydrogen-bond acceptors (Lipinski definition) is 5. The lowest BCUT2D eigenvalue weighted by Crippen LogP contribution is -2.48. The van der Waals surface area contributed by atoms with Crippen LogP contribution in [0.5, 0.6) is 0 Å². The van der Waals surface area contributed by atoms with Gasteiger partial charge in [0.1, 0.15) is 12.1 Å². The van der Waals surface area contributed by atoms with Gasteiger partial charge in [-0.05, 0) is 43.2 Å². The molecule has 0 aromatic heterocycles. The molecule has 9 heteroatoms. The van der Waals surface area contributed by atoms with E-state index in [0.29, 0.717) is 35.3 Å². The molecule has 1 saturated carbocycles. The number of hydrogen-bond donors (Lipinski definition) is 2. The van der Waals surface area contributed by atoms with E-state index in [1.165, 1.54) is 6.07 Å². The van der Waals surface area contributed by atoms with Gasteiger partial charge in [0.15, 0.2) is 0 Å². The molecule has 0 radical (unpaired) electrons. The molecule has 1 spiro atoms. The molecule has 5 rings (SSSR count). The number of carbonyl (C=O) groups excluding carboxylic acids is 5. The summed E-state index contributed by atoms with van der Waals surface area (Å²) in [6, 6.07) is 12.3. The van der Waals surface area contributed by atoms with Gasteiger partial charge in [0.05, 0.1) is 16.8 Å². The Morgan fingerprint density at radius 3 is 2.24 bits per heavy atom. The molecular formula is C24H22N4O5. The number of nitrogens with zero attached hydrogens (tertiary/aromatic N) is 2. The highest BCUT2D eigenvalue weighted by atomic mass is 16.2. The Hall–Kier alpha value is -4.01. The van der Waals surface area contributed by atoms with Crippen LogP contribution in [-0.2, 0) is 9.59 Å². The first kappa shape index (κ1) is 20.9. The van der Waals surface area contributed by atoms with Gasteiger partial charge in [-0.15, -0.1) is 0 Å². The van der Waals surface area contributed by atoms with Crippen molar-refractivity contribution in [1.29, 1.82) is 0 Å². The van der Waals surface area contributed by atoms with Gasteiger partial charge in [-0.1, -0.05) is 37.5 Å². The molecule has 0 unspecified atom stereocenters. The monoisotopic (exact) mass is 446 g/mol. The standard InChI is InChI=1S/C24H22N4O5/c29-19(14-27-22(32)24(26-23(27)33)11-4-1-5-12-24)25-15-7-6-8-16(13-15)28-20(30)17-9-2-3-10-18(17)21(28)31/h2-3,6-10,13H,1,4-5,11-12,14H2,(H,25,29)(H,26,33). The van der Waals surface area contributed by atoms with Crippen LogP contribution in [0.2, 0.25) is 0 Å². The van der Waals surface area contributed by atoms with Crippen LogP contribution in [0.4, 0.5) is 16.2 Å². The van der Waals surface area contributed by atoms with Crippen molar-refractivity contribution in [2.45, 2.75) is 37.6 Å². The normalized spacial score (nSPS) is 19.2. The molecule has 2 heterocycles. The summed E-state index contributed by atoms with van der Waals surface area (Å²) in [6.07, 6.45) is 3.90. The Bertz CT molecular complexity index is 1170. The average Bonchev–Trinajstić information content (AvgIpc) is 3.19. The number of urea groups is 1. The summed E-state index contributed by atoms with van der Waals surface area (Å²) >= 11 is 0. The molecule has 2 aliphatic heterocycles. The van der Waals surface area contributed by atoms with E-state index in [2.05, 4.69) is 10.6 Å². The van der Waals surface area contributed by atoms with Gasteiger partial charge in [0.25, 0.3) is 17.7 Å². The lowest BCUT2D eigenvalue weighted by atomic mass is 9.82. The van der Waals surface area contributed by atoms with Crippen molar-refractivity contribution in [2.75, 3.05) is 16.8 Å². The summed E-state index contributed by atoms with van der Waals surface area (Å²) in [6.45, 7) is -0.413. The van der Waals surface area contributed by atoms with Gasteiger partial charge >= 0.3 is 6.03 Å². The first-order valence-electron chi connectivity index (χ1n) is 10.9. The minimum atomic E-state index is -0.888. The molecular weight excluding hydrogens is 424 g/mol. The van der Waals surface area contributed by atoms with Crippen LogP contribution in [0.1, 0.15) is 52.8 Å². The Morgan fingerprint density at radius 1 is 0.909 bits per heavy atom. The van der Waals surface area contributed by atoms with E-state index in [0.717, 1.165) is 29.1 Å². The van der Waals surface area contributed by atoms with E-state index in [1.54, 1.807) is 42.5 Å². The molecule has 2 aromatic rings. The zero-order valence-corrected chi connectivity index (χ0v) is 17.8. The van der Waals surface area contributed by atoms with E-state index >= 15 is 0 Å². The average molecular weight is 446 g/mol. The first-order valence-corrected chi connectivity index (χ1v) is 10.9. The SMILES string of the molecule is O=C(CN1C(=O)NC2(CCCCC2)C1=O)Nc1cccc(N2C(=O)c3ccccc3C2=O)c1. The summed E-state index contributed by atoms with van der Waals surface area (Å²) in [5, 5.41) is 5.43. The number of nitrogens with one attached hydrogen (secondary N) is 2. The third-order valence-corrected chi connectivity index (χ3v) is 6.44. The zero-order chi connectivity index (χ0) is 23.2. The maximum atomic E-state index is 12.9. The Kier molecular flexibility index (Phi) is 4.96. The van der Waals surface area contributed by atoms with E-state index in [9.17, 15) is 24.0 Å². The third-order valence-electron chi connectivity index (χ3n) is 6.44. The largest absolute Gasteiger partial charge is 0.325 e. The fraction of sp³-hybridized carbons (Fsp3) is 0.292. The predicted octanol–water partition coefficient (Wildman–Crippen LogP) is 2.68. The number of fused-ring (bicyclic) bond motifs is 1. The van der Waals surface area contributed by atoms with Crippen LogP contribution in [0.25, 0.3) is 0 Å². The van der Waals surface area contributed by atoms with Gasteiger partial charge < -0.3 is 10.6 Å².